The van der Waals surface area contributed by atoms with Crippen molar-refractivity contribution < 1.29 is 28.2 Å². The number of carbonyl (C=O) groups is 1. The van der Waals surface area contributed by atoms with Gasteiger partial charge in [-0.2, -0.15) is 0 Å². The number of rotatable bonds is 5. The zero-order chi connectivity index (χ0) is 18.0. The lowest BCUT2D eigenvalue weighted by Gasteiger charge is -2.14. The van der Waals surface area contributed by atoms with E-state index < -0.39 is 5.97 Å². The molecule has 0 unspecified atom stereocenters. The van der Waals surface area contributed by atoms with Crippen molar-refractivity contribution in [1.82, 2.24) is 0 Å². The second kappa shape index (κ2) is 7.02. The van der Waals surface area contributed by atoms with Crippen LogP contribution in [-0.2, 0) is 9.53 Å². The summed E-state index contributed by atoms with van der Waals surface area (Å²) < 4.78 is 27.0. The van der Waals surface area contributed by atoms with Crippen LogP contribution in [-0.4, -0.2) is 33.2 Å². The van der Waals surface area contributed by atoms with E-state index in [4.69, 9.17) is 23.4 Å². The van der Waals surface area contributed by atoms with E-state index in [1.165, 1.54) is 21.3 Å². The van der Waals surface area contributed by atoms with Crippen LogP contribution in [0.5, 0.6) is 17.2 Å². The number of ether oxygens (including phenoxy) is 4. The third kappa shape index (κ3) is 3.25. The molecule has 0 bridgehead atoms. The van der Waals surface area contributed by atoms with Gasteiger partial charge >= 0.3 is 5.97 Å². The highest BCUT2D eigenvalue weighted by atomic mass is 79.9. The maximum absolute atomic E-state index is 12.1. The third-order valence-corrected chi connectivity index (χ3v) is 3.86. The number of benzene rings is 1. The Labute approximate surface area is 152 Å². The van der Waals surface area contributed by atoms with Gasteiger partial charge in [0.25, 0.3) is 5.90 Å². The van der Waals surface area contributed by atoms with Crippen LogP contribution in [0.25, 0.3) is 6.08 Å². The van der Waals surface area contributed by atoms with Gasteiger partial charge in [-0.15, -0.1) is 0 Å². The van der Waals surface area contributed by atoms with E-state index in [-0.39, 0.29) is 11.6 Å². The minimum absolute atomic E-state index is 0.0985. The first-order valence-corrected chi connectivity index (χ1v) is 7.94. The molecule has 0 amide bonds. The highest BCUT2D eigenvalue weighted by molar-refractivity contribution is 9.10. The van der Waals surface area contributed by atoms with Crippen molar-refractivity contribution >= 4 is 33.9 Å². The Hall–Kier alpha value is -2.74. The predicted octanol–water partition coefficient (Wildman–Crippen LogP) is 3.41. The molecule has 0 radical (unpaired) electrons. The fraction of sp³-hybridized carbons (Fsp3) is 0.176. The van der Waals surface area contributed by atoms with E-state index in [0.717, 1.165) is 0 Å². The zero-order valence-electron chi connectivity index (χ0n) is 13.7. The normalized spacial score (nSPS) is 15.1. The van der Waals surface area contributed by atoms with Crippen LogP contribution in [0.15, 0.2) is 44.0 Å². The fourth-order valence-electron chi connectivity index (χ4n) is 2.33. The number of hydrogen-bond donors (Lipinski definition) is 0. The fourth-order valence-corrected chi connectivity index (χ4v) is 2.64. The van der Waals surface area contributed by atoms with Gasteiger partial charge in [-0.1, -0.05) is 0 Å². The Morgan fingerprint density at radius 1 is 1.04 bits per heavy atom. The number of furan rings is 1. The Balaban J connectivity index is 2.03. The van der Waals surface area contributed by atoms with Crippen LogP contribution in [0.3, 0.4) is 0 Å². The molecule has 0 spiro atoms. The van der Waals surface area contributed by atoms with Crippen molar-refractivity contribution in [3.63, 3.8) is 0 Å². The van der Waals surface area contributed by atoms with Crippen molar-refractivity contribution in [2.24, 2.45) is 4.99 Å². The summed E-state index contributed by atoms with van der Waals surface area (Å²) in [6.45, 7) is 0. The van der Waals surface area contributed by atoms with Crippen molar-refractivity contribution in [2.75, 3.05) is 21.3 Å². The molecule has 0 N–H and O–H groups in total. The predicted molar refractivity (Wildman–Crippen MR) is 93.1 cm³/mol. The van der Waals surface area contributed by atoms with Gasteiger partial charge in [-0.25, -0.2) is 9.79 Å². The Morgan fingerprint density at radius 2 is 1.80 bits per heavy atom. The summed E-state index contributed by atoms with van der Waals surface area (Å²) in [7, 11) is 4.54. The second-order valence-electron chi connectivity index (χ2n) is 4.86. The Morgan fingerprint density at radius 3 is 2.40 bits per heavy atom. The molecule has 1 aromatic heterocycles. The Kier molecular flexibility index (Phi) is 4.80. The van der Waals surface area contributed by atoms with E-state index in [9.17, 15) is 4.79 Å². The summed E-state index contributed by atoms with van der Waals surface area (Å²) in [5.41, 5.74) is 0.714. The molecule has 7 nitrogen and oxygen atoms in total. The number of hydrogen-bond acceptors (Lipinski definition) is 7. The first-order valence-electron chi connectivity index (χ1n) is 7.14. The minimum Gasteiger partial charge on any atom is -0.493 e. The first kappa shape index (κ1) is 17.1. The van der Waals surface area contributed by atoms with Gasteiger partial charge in [-0.3, -0.25) is 0 Å². The quantitative estimate of drug-likeness (QED) is 0.557. The van der Waals surface area contributed by atoms with Crippen LogP contribution < -0.4 is 14.2 Å². The molecule has 8 heteroatoms. The summed E-state index contributed by atoms with van der Waals surface area (Å²) >= 11 is 3.19. The number of esters is 1. The van der Waals surface area contributed by atoms with Crippen LogP contribution in [0.1, 0.15) is 11.3 Å². The molecule has 3 rings (SSSR count). The molecular weight excluding hydrogens is 394 g/mol. The standard InChI is InChI=1S/C17H14BrNO6/c1-21-11-5-4-9(14(22-2)15(11)23-3)8-10-17(20)25-16(19-10)12-6-7-13(18)24-12/h4-8H,1-3H3/b10-8+. The number of methoxy groups -OCH3 is 3. The van der Waals surface area contributed by atoms with E-state index in [1.54, 1.807) is 30.3 Å². The molecule has 1 aliphatic heterocycles. The lowest BCUT2D eigenvalue weighted by molar-refractivity contribution is -0.130. The molecule has 0 saturated heterocycles. The number of carbonyl (C=O) groups excluding carboxylic acids is 1. The maximum atomic E-state index is 12.1. The number of nitrogens with zero attached hydrogens (tertiary/aromatic N) is 1. The smallest absolute Gasteiger partial charge is 0.363 e. The third-order valence-electron chi connectivity index (χ3n) is 3.43. The molecule has 25 heavy (non-hydrogen) atoms. The second-order valence-corrected chi connectivity index (χ2v) is 5.64. The van der Waals surface area contributed by atoms with Crippen LogP contribution >= 0.6 is 15.9 Å². The largest absolute Gasteiger partial charge is 0.493 e. The van der Waals surface area contributed by atoms with Gasteiger partial charge < -0.3 is 23.4 Å². The number of aliphatic imine (C=N–C) groups is 1. The van der Waals surface area contributed by atoms with Gasteiger partial charge in [0.15, 0.2) is 27.6 Å². The van der Waals surface area contributed by atoms with E-state index in [1.807, 2.05) is 0 Å². The lowest BCUT2D eigenvalue weighted by atomic mass is 10.1. The molecule has 2 aromatic rings. The molecule has 130 valence electrons. The monoisotopic (exact) mass is 407 g/mol. The topological polar surface area (TPSA) is 79.5 Å². The van der Waals surface area contributed by atoms with E-state index in [2.05, 4.69) is 20.9 Å². The Bertz CT molecular complexity index is 883. The molecule has 1 aromatic carbocycles. The van der Waals surface area contributed by atoms with Crippen molar-refractivity contribution in [3.05, 3.63) is 46.0 Å². The molecule has 1 aliphatic rings. The molecule has 0 atom stereocenters. The molecule has 0 aliphatic carbocycles. The van der Waals surface area contributed by atoms with Gasteiger partial charge in [0, 0.05) is 5.56 Å². The van der Waals surface area contributed by atoms with E-state index >= 15 is 0 Å². The average Bonchev–Trinajstić information content (AvgIpc) is 3.20. The highest BCUT2D eigenvalue weighted by Crippen LogP contribution is 2.40. The van der Waals surface area contributed by atoms with Gasteiger partial charge in [0.1, 0.15) is 0 Å². The summed E-state index contributed by atoms with van der Waals surface area (Å²) in [4.78, 5) is 16.3. The lowest BCUT2D eigenvalue weighted by Crippen LogP contribution is -2.04. The van der Waals surface area contributed by atoms with Crippen LogP contribution in [0.4, 0.5) is 0 Å². The maximum Gasteiger partial charge on any atom is 0.363 e. The van der Waals surface area contributed by atoms with Gasteiger partial charge in [-0.05, 0) is 46.3 Å². The average molecular weight is 408 g/mol. The first-order chi connectivity index (χ1) is 12.1. The van der Waals surface area contributed by atoms with Gasteiger partial charge in [0.2, 0.25) is 5.75 Å². The summed E-state index contributed by atoms with van der Waals surface area (Å²) in [6.07, 6.45) is 1.55. The zero-order valence-corrected chi connectivity index (χ0v) is 15.2. The minimum atomic E-state index is -0.584. The molecule has 0 saturated carbocycles. The number of halogens is 1. The van der Waals surface area contributed by atoms with Gasteiger partial charge in [0.05, 0.1) is 21.3 Å². The SMILES string of the molecule is COc1ccc(/C=C2/N=C(c3ccc(Br)o3)OC2=O)c(OC)c1OC. The molecule has 2 heterocycles. The van der Waals surface area contributed by atoms with Crippen molar-refractivity contribution in [3.8, 4) is 17.2 Å². The summed E-state index contributed by atoms with van der Waals surface area (Å²) in [5, 5.41) is 0. The van der Waals surface area contributed by atoms with Crippen molar-refractivity contribution in [1.29, 1.82) is 0 Å². The van der Waals surface area contributed by atoms with E-state index in [0.29, 0.717) is 33.2 Å². The highest BCUT2D eigenvalue weighted by Gasteiger charge is 2.27. The summed E-state index contributed by atoms with van der Waals surface area (Å²) in [5.74, 6) is 1.22. The van der Waals surface area contributed by atoms with Crippen molar-refractivity contribution in [2.45, 2.75) is 0 Å². The van der Waals surface area contributed by atoms with Crippen LogP contribution in [0, 0.1) is 0 Å². The van der Waals surface area contributed by atoms with Crippen LogP contribution in [0.2, 0.25) is 0 Å². The molecule has 0 fully saturated rings. The number of cyclic esters (lactones) is 1. The molecular formula is C17H14BrNO6. The summed E-state index contributed by atoms with van der Waals surface area (Å²) in [6, 6.07) is 6.78.